The minimum Gasteiger partial charge on any atom is -0.324 e. The summed E-state index contributed by atoms with van der Waals surface area (Å²) in [5.74, 6) is 0. The van der Waals surface area contributed by atoms with Crippen LogP contribution in [0, 0.1) is 0 Å². The van der Waals surface area contributed by atoms with E-state index in [4.69, 9.17) is 5.73 Å². The van der Waals surface area contributed by atoms with Gasteiger partial charge in [0.15, 0.2) is 0 Å². The molecule has 0 saturated heterocycles. The van der Waals surface area contributed by atoms with Crippen LogP contribution in [0.15, 0.2) is 70.7 Å². The van der Waals surface area contributed by atoms with Crippen LogP contribution in [0.25, 0.3) is 10.8 Å². The van der Waals surface area contributed by atoms with Crippen molar-refractivity contribution >= 4 is 22.5 Å². The number of benzene rings is 2. The van der Waals surface area contributed by atoms with E-state index in [0.29, 0.717) is 0 Å². The largest absolute Gasteiger partial charge is 0.324 e. The fraction of sp³-hybridized carbons (Fsp3) is 0.118. The number of nitrogens with zero attached hydrogens (tertiary/aromatic N) is 1. The first-order chi connectivity index (χ1) is 9.72. The zero-order valence-corrected chi connectivity index (χ0v) is 12.1. The van der Waals surface area contributed by atoms with Gasteiger partial charge in [0.25, 0.3) is 0 Å². The van der Waals surface area contributed by atoms with Crippen molar-refractivity contribution in [2.24, 2.45) is 5.73 Å². The highest BCUT2D eigenvalue weighted by Crippen LogP contribution is 2.29. The highest BCUT2D eigenvalue weighted by atomic mass is 32.2. The van der Waals surface area contributed by atoms with Crippen LogP contribution in [0.3, 0.4) is 0 Å². The Bertz CT molecular complexity index is 720. The Labute approximate surface area is 123 Å². The summed E-state index contributed by atoms with van der Waals surface area (Å²) in [7, 11) is 0. The van der Waals surface area contributed by atoms with Gasteiger partial charge in [-0.25, -0.2) is 4.98 Å². The molecule has 2 nitrogen and oxygen atoms in total. The molecule has 3 heteroatoms. The maximum Gasteiger partial charge on any atom is 0.101 e. The Kier molecular flexibility index (Phi) is 3.72. The van der Waals surface area contributed by atoms with Crippen molar-refractivity contribution in [1.29, 1.82) is 0 Å². The van der Waals surface area contributed by atoms with E-state index in [1.54, 1.807) is 11.8 Å². The van der Waals surface area contributed by atoms with E-state index >= 15 is 0 Å². The van der Waals surface area contributed by atoms with Crippen LogP contribution in [0.2, 0.25) is 0 Å². The zero-order valence-electron chi connectivity index (χ0n) is 11.3. The van der Waals surface area contributed by atoms with Crippen LogP contribution >= 0.6 is 11.8 Å². The first-order valence-electron chi connectivity index (χ1n) is 6.60. The van der Waals surface area contributed by atoms with E-state index < -0.39 is 0 Å². The molecular formula is C17H16N2S. The van der Waals surface area contributed by atoms with Crippen molar-refractivity contribution in [1.82, 2.24) is 4.98 Å². The summed E-state index contributed by atoms with van der Waals surface area (Å²) < 4.78 is 0. The van der Waals surface area contributed by atoms with E-state index in [9.17, 15) is 0 Å². The van der Waals surface area contributed by atoms with Gasteiger partial charge in [-0.2, -0.15) is 0 Å². The second-order valence-electron chi connectivity index (χ2n) is 4.83. The van der Waals surface area contributed by atoms with Crippen LogP contribution in [-0.4, -0.2) is 4.98 Å². The Balaban J connectivity index is 1.85. The van der Waals surface area contributed by atoms with Crippen molar-refractivity contribution in [3.8, 4) is 0 Å². The van der Waals surface area contributed by atoms with Crippen LogP contribution in [0.4, 0.5) is 0 Å². The minimum atomic E-state index is 0.0298. The molecule has 0 aliphatic carbocycles. The molecule has 0 unspecified atom stereocenters. The van der Waals surface area contributed by atoms with Gasteiger partial charge in [0.2, 0.25) is 0 Å². The van der Waals surface area contributed by atoms with E-state index in [2.05, 4.69) is 47.4 Å². The molecule has 1 aromatic heterocycles. The first-order valence-corrected chi connectivity index (χ1v) is 7.42. The van der Waals surface area contributed by atoms with E-state index in [1.165, 1.54) is 15.7 Å². The molecule has 0 spiro atoms. The van der Waals surface area contributed by atoms with Crippen molar-refractivity contribution in [3.63, 3.8) is 0 Å². The number of nitrogens with two attached hydrogens (primary N) is 1. The van der Waals surface area contributed by atoms with Crippen molar-refractivity contribution < 1.29 is 0 Å². The number of hydrogen-bond donors (Lipinski definition) is 1. The van der Waals surface area contributed by atoms with E-state index in [1.807, 2.05) is 25.3 Å². The molecule has 20 heavy (non-hydrogen) atoms. The van der Waals surface area contributed by atoms with Gasteiger partial charge in [-0.3, -0.25) is 0 Å². The van der Waals surface area contributed by atoms with Gasteiger partial charge in [-0.05, 0) is 41.5 Å². The summed E-state index contributed by atoms with van der Waals surface area (Å²) in [5.41, 5.74) is 6.89. The summed E-state index contributed by atoms with van der Waals surface area (Å²) in [5, 5.41) is 3.51. The third-order valence-corrected chi connectivity index (χ3v) is 4.17. The number of hydrogen-bond acceptors (Lipinski definition) is 3. The molecule has 3 rings (SSSR count). The number of aromatic nitrogens is 1. The van der Waals surface area contributed by atoms with Crippen molar-refractivity contribution in [2.75, 3.05) is 0 Å². The standard InChI is InChI=1S/C17H16N2S/c1-12(18)15-7-9-17(19-11-15)20-16-8-6-13-4-2-3-5-14(13)10-16/h2-12H,18H2,1H3/t12-/m1/s1. The van der Waals surface area contributed by atoms with Crippen molar-refractivity contribution in [3.05, 3.63) is 66.4 Å². The average Bonchev–Trinajstić information content (AvgIpc) is 2.48. The minimum absolute atomic E-state index is 0.0298. The number of fused-ring (bicyclic) bond motifs is 1. The lowest BCUT2D eigenvalue weighted by molar-refractivity contribution is 0.806. The Morgan fingerprint density at radius 1 is 1.00 bits per heavy atom. The molecule has 0 radical (unpaired) electrons. The van der Waals surface area contributed by atoms with Gasteiger partial charge in [-0.1, -0.05) is 48.2 Å². The summed E-state index contributed by atoms with van der Waals surface area (Å²) >= 11 is 1.67. The maximum absolute atomic E-state index is 5.83. The first kappa shape index (κ1) is 13.2. The monoisotopic (exact) mass is 280 g/mol. The lowest BCUT2D eigenvalue weighted by Gasteiger charge is -2.06. The maximum atomic E-state index is 5.83. The molecule has 0 aliphatic rings. The highest BCUT2D eigenvalue weighted by Gasteiger charge is 2.03. The Morgan fingerprint density at radius 3 is 2.50 bits per heavy atom. The number of rotatable bonds is 3. The van der Waals surface area contributed by atoms with Gasteiger partial charge in [-0.15, -0.1) is 0 Å². The number of pyridine rings is 1. The highest BCUT2D eigenvalue weighted by molar-refractivity contribution is 7.99. The summed E-state index contributed by atoms with van der Waals surface area (Å²) in [6.45, 7) is 1.97. The molecule has 3 aromatic rings. The average molecular weight is 280 g/mol. The summed E-state index contributed by atoms with van der Waals surface area (Å²) in [6, 6.07) is 19.0. The smallest absolute Gasteiger partial charge is 0.101 e. The molecule has 1 heterocycles. The predicted molar refractivity (Wildman–Crippen MR) is 84.9 cm³/mol. The Hall–Kier alpha value is -1.84. The van der Waals surface area contributed by atoms with E-state index in [0.717, 1.165) is 10.6 Å². The van der Waals surface area contributed by atoms with Gasteiger partial charge in [0.05, 0.1) is 0 Å². The SMILES string of the molecule is C[C@@H](N)c1ccc(Sc2ccc3ccccc3c2)nc1. The van der Waals surface area contributed by atoms with Gasteiger partial charge < -0.3 is 5.73 Å². The molecule has 2 N–H and O–H groups in total. The third kappa shape index (κ3) is 2.84. The predicted octanol–water partition coefficient (Wildman–Crippen LogP) is 4.41. The molecule has 2 aromatic carbocycles. The zero-order chi connectivity index (χ0) is 13.9. The van der Waals surface area contributed by atoms with Crippen LogP contribution in [0.1, 0.15) is 18.5 Å². The summed E-state index contributed by atoms with van der Waals surface area (Å²) in [4.78, 5) is 5.66. The quantitative estimate of drug-likeness (QED) is 0.772. The lowest BCUT2D eigenvalue weighted by Crippen LogP contribution is -2.04. The molecular weight excluding hydrogens is 264 g/mol. The second-order valence-corrected chi connectivity index (χ2v) is 5.92. The van der Waals surface area contributed by atoms with Gasteiger partial charge in [0, 0.05) is 17.1 Å². The van der Waals surface area contributed by atoms with Crippen molar-refractivity contribution in [2.45, 2.75) is 22.9 Å². The lowest BCUT2D eigenvalue weighted by atomic mass is 10.1. The molecule has 1 atom stereocenters. The molecule has 0 bridgehead atoms. The second kappa shape index (κ2) is 5.65. The molecule has 100 valence electrons. The molecule has 0 saturated carbocycles. The normalized spacial score (nSPS) is 12.5. The van der Waals surface area contributed by atoms with Gasteiger partial charge in [0.1, 0.15) is 5.03 Å². The topological polar surface area (TPSA) is 38.9 Å². The fourth-order valence-electron chi connectivity index (χ4n) is 2.07. The van der Waals surface area contributed by atoms with Crippen LogP contribution < -0.4 is 5.73 Å². The molecule has 0 amide bonds. The van der Waals surface area contributed by atoms with Crippen LogP contribution in [0.5, 0.6) is 0 Å². The molecule has 0 fully saturated rings. The molecule has 0 aliphatic heterocycles. The summed E-state index contributed by atoms with van der Waals surface area (Å²) in [6.07, 6.45) is 1.86. The fourth-order valence-corrected chi connectivity index (χ4v) is 2.88. The van der Waals surface area contributed by atoms with E-state index in [-0.39, 0.29) is 6.04 Å². The Morgan fingerprint density at radius 2 is 1.80 bits per heavy atom. The third-order valence-electron chi connectivity index (χ3n) is 3.23. The van der Waals surface area contributed by atoms with Crippen LogP contribution in [-0.2, 0) is 0 Å². The van der Waals surface area contributed by atoms with Gasteiger partial charge >= 0.3 is 0 Å².